The number of hydrogen-bond acceptors (Lipinski definition) is 4. The summed E-state index contributed by atoms with van der Waals surface area (Å²) in [5, 5.41) is 0. The van der Waals surface area contributed by atoms with Gasteiger partial charge in [-0.05, 0) is 12.1 Å². The lowest BCUT2D eigenvalue weighted by Gasteiger charge is -2.25. The fourth-order valence-electron chi connectivity index (χ4n) is 1.52. The Morgan fingerprint density at radius 1 is 1.40 bits per heavy atom. The van der Waals surface area contributed by atoms with Gasteiger partial charge in [0.1, 0.15) is 18.1 Å². The Morgan fingerprint density at radius 3 is 2.87 bits per heavy atom. The summed E-state index contributed by atoms with van der Waals surface area (Å²) < 4.78 is 10.5. The average molecular weight is 210 g/mol. The van der Waals surface area contributed by atoms with Gasteiger partial charge in [-0.2, -0.15) is 0 Å². The minimum atomic E-state index is 0.00643. The van der Waals surface area contributed by atoms with Crippen LogP contribution in [0.4, 0.5) is 0 Å². The van der Waals surface area contributed by atoms with Gasteiger partial charge < -0.3 is 19.8 Å². The van der Waals surface area contributed by atoms with Crippen molar-refractivity contribution in [1.29, 1.82) is 0 Å². The number of furan rings is 1. The summed E-state index contributed by atoms with van der Waals surface area (Å²) in [6, 6.07) is 3.69. The normalized spacial score (nSPS) is 17.1. The monoisotopic (exact) mass is 210 g/mol. The summed E-state index contributed by atoms with van der Waals surface area (Å²) in [5.74, 6) is 1.52. The summed E-state index contributed by atoms with van der Waals surface area (Å²) in [5.41, 5.74) is 5.43. The van der Waals surface area contributed by atoms with Gasteiger partial charge in [-0.1, -0.05) is 0 Å². The Bertz CT molecular complexity index is 348. The molecule has 0 atom stereocenters. The first-order chi connectivity index (χ1) is 7.29. The van der Waals surface area contributed by atoms with Crippen LogP contribution in [0.25, 0.3) is 0 Å². The van der Waals surface area contributed by atoms with E-state index in [0.717, 1.165) is 11.5 Å². The van der Waals surface area contributed by atoms with Gasteiger partial charge in [0.15, 0.2) is 0 Å². The summed E-state index contributed by atoms with van der Waals surface area (Å²) in [6.07, 6.45) is 0. The summed E-state index contributed by atoms with van der Waals surface area (Å²) >= 11 is 0. The Morgan fingerprint density at radius 2 is 2.20 bits per heavy atom. The number of rotatable bonds is 3. The maximum atomic E-state index is 11.4. The number of hydrogen-bond donors (Lipinski definition) is 1. The maximum Gasteiger partial charge on any atom is 0.249 e. The second-order valence-electron chi connectivity index (χ2n) is 3.44. The molecule has 1 saturated heterocycles. The third kappa shape index (κ3) is 2.37. The summed E-state index contributed by atoms with van der Waals surface area (Å²) in [6.45, 7) is 2.28. The smallest absolute Gasteiger partial charge is 0.249 e. The molecule has 1 aromatic heterocycles. The van der Waals surface area contributed by atoms with Gasteiger partial charge >= 0.3 is 0 Å². The van der Waals surface area contributed by atoms with Crippen LogP contribution in [0.2, 0.25) is 0 Å². The van der Waals surface area contributed by atoms with Crippen molar-refractivity contribution in [2.24, 2.45) is 5.73 Å². The molecule has 1 amide bonds. The highest BCUT2D eigenvalue weighted by Crippen LogP contribution is 2.11. The molecule has 0 saturated carbocycles. The number of morpholine rings is 1. The number of ether oxygens (including phenoxy) is 1. The van der Waals surface area contributed by atoms with Crippen LogP contribution in [-0.4, -0.2) is 30.6 Å². The molecule has 1 fully saturated rings. The van der Waals surface area contributed by atoms with Crippen LogP contribution >= 0.6 is 0 Å². The van der Waals surface area contributed by atoms with Crippen LogP contribution in [-0.2, 0) is 22.6 Å². The molecule has 5 heteroatoms. The zero-order chi connectivity index (χ0) is 10.7. The molecule has 5 nitrogen and oxygen atoms in total. The Kier molecular flexibility index (Phi) is 3.03. The predicted octanol–water partition coefficient (Wildman–Crippen LogP) is 0.0971. The molecule has 2 rings (SSSR count). The lowest BCUT2D eigenvalue weighted by Crippen LogP contribution is -2.40. The molecule has 0 spiro atoms. The fraction of sp³-hybridized carbons (Fsp3) is 0.500. The molecule has 1 aliphatic heterocycles. The third-order valence-electron chi connectivity index (χ3n) is 2.35. The minimum Gasteiger partial charge on any atom is -0.463 e. The van der Waals surface area contributed by atoms with Crippen molar-refractivity contribution in [1.82, 2.24) is 4.90 Å². The van der Waals surface area contributed by atoms with Crippen LogP contribution in [0.15, 0.2) is 16.5 Å². The van der Waals surface area contributed by atoms with Crippen molar-refractivity contribution in [3.63, 3.8) is 0 Å². The minimum absolute atomic E-state index is 0.00643. The number of nitrogens with two attached hydrogens (primary N) is 1. The van der Waals surface area contributed by atoms with Gasteiger partial charge in [0, 0.05) is 6.54 Å². The second kappa shape index (κ2) is 4.46. The Hall–Kier alpha value is -1.33. The first kappa shape index (κ1) is 10.2. The van der Waals surface area contributed by atoms with Crippen LogP contribution in [0.5, 0.6) is 0 Å². The largest absolute Gasteiger partial charge is 0.463 e. The third-order valence-corrected chi connectivity index (χ3v) is 2.35. The highest BCUT2D eigenvalue weighted by molar-refractivity contribution is 5.77. The average Bonchev–Trinajstić information content (AvgIpc) is 2.69. The van der Waals surface area contributed by atoms with E-state index in [9.17, 15) is 4.79 Å². The summed E-state index contributed by atoms with van der Waals surface area (Å²) in [7, 11) is 0. The van der Waals surface area contributed by atoms with Crippen molar-refractivity contribution in [2.75, 3.05) is 19.8 Å². The van der Waals surface area contributed by atoms with Gasteiger partial charge in [0.25, 0.3) is 0 Å². The van der Waals surface area contributed by atoms with Crippen LogP contribution in [0.1, 0.15) is 11.5 Å². The maximum absolute atomic E-state index is 11.4. The van der Waals surface area contributed by atoms with E-state index in [1.54, 1.807) is 4.90 Å². The summed E-state index contributed by atoms with van der Waals surface area (Å²) in [4.78, 5) is 13.1. The standard InChI is InChI=1S/C10H14N2O3/c11-5-8-1-2-9(15-8)6-12-3-4-14-7-10(12)13/h1-2H,3-7,11H2. The zero-order valence-electron chi connectivity index (χ0n) is 8.44. The molecular weight excluding hydrogens is 196 g/mol. The molecule has 0 bridgehead atoms. The molecule has 1 aliphatic rings. The number of nitrogens with zero attached hydrogens (tertiary/aromatic N) is 1. The number of amides is 1. The van der Waals surface area contributed by atoms with E-state index in [1.807, 2.05) is 12.1 Å². The van der Waals surface area contributed by atoms with E-state index in [4.69, 9.17) is 14.9 Å². The van der Waals surface area contributed by atoms with Crippen molar-refractivity contribution in [3.05, 3.63) is 23.7 Å². The first-order valence-electron chi connectivity index (χ1n) is 4.93. The highest BCUT2D eigenvalue weighted by atomic mass is 16.5. The van der Waals surface area contributed by atoms with Crippen molar-refractivity contribution in [3.8, 4) is 0 Å². The fourth-order valence-corrected chi connectivity index (χ4v) is 1.52. The number of carbonyl (C=O) groups is 1. The lowest BCUT2D eigenvalue weighted by atomic mass is 10.3. The topological polar surface area (TPSA) is 68.7 Å². The molecule has 0 radical (unpaired) electrons. The second-order valence-corrected chi connectivity index (χ2v) is 3.44. The lowest BCUT2D eigenvalue weighted by molar-refractivity contribution is -0.143. The van der Waals surface area contributed by atoms with E-state index in [0.29, 0.717) is 26.2 Å². The van der Waals surface area contributed by atoms with Crippen LogP contribution < -0.4 is 5.73 Å². The van der Waals surface area contributed by atoms with E-state index in [-0.39, 0.29) is 12.5 Å². The van der Waals surface area contributed by atoms with Crippen molar-refractivity contribution in [2.45, 2.75) is 13.1 Å². The first-order valence-corrected chi connectivity index (χ1v) is 4.93. The Labute approximate surface area is 87.8 Å². The van der Waals surface area contributed by atoms with Gasteiger partial charge in [0.05, 0.1) is 19.7 Å². The Balaban J connectivity index is 1.98. The van der Waals surface area contributed by atoms with Crippen LogP contribution in [0.3, 0.4) is 0 Å². The molecule has 82 valence electrons. The number of carbonyl (C=O) groups excluding carboxylic acids is 1. The highest BCUT2D eigenvalue weighted by Gasteiger charge is 2.19. The SMILES string of the molecule is NCc1ccc(CN2CCOCC2=O)o1. The van der Waals surface area contributed by atoms with E-state index < -0.39 is 0 Å². The van der Waals surface area contributed by atoms with E-state index >= 15 is 0 Å². The van der Waals surface area contributed by atoms with Crippen LogP contribution in [0, 0.1) is 0 Å². The molecule has 15 heavy (non-hydrogen) atoms. The van der Waals surface area contributed by atoms with Gasteiger partial charge in [0.2, 0.25) is 5.91 Å². The van der Waals surface area contributed by atoms with Gasteiger partial charge in [-0.25, -0.2) is 0 Å². The molecule has 0 unspecified atom stereocenters. The molecular formula is C10H14N2O3. The van der Waals surface area contributed by atoms with Gasteiger partial charge in [-0.15, -0.1) is 0 Å². The van der Waals surface area contributed by atoms with Crippen molar-refractivity contribution >= 4 is 5.91 Å². The van der Waals surface area contributed by atoms with Gasteiger partial charge in [-0.3, -0.25) is 4.79 Å². The molecule has 1 aromatic rings. The molecule has 0 aliphatic carbocycles. The van der Waals surface area contributed by atoms with E-state index in [1.165, 1.54) is 0 Å². The molecule has 2 N–H and O–H groups in total. The predicted molar refractivity (Wildman–Crippen MR) is 52.8 cm³/mol. The van der Waals surface area contributed by atoms with E-state index in [2.05, 4.69) is 0 Å². The van der Waals surface area contributed by atoms with Crippen molar-refractivity contribution < 1.29 is 13.9 Å². The quantitative estimate of drug-likeness (QED) is 0.768. The molecule has 2 heterocycles. The zero-order valence-corrected chi connectivity index (χ0v) is 8.44. The molecule has 0 aromatic carbocycles.